The molecule has 0 aromatic heterocycles. The molecule has 0 amide bonds. The monoisotopic (exact) mass is 228 g/mol. The molecule has 0 saturated carbocycles. The first-order valence-electron chi connectivity index (χ1n) is 6.45. The normalized spacial score (nSPS) is 27.9. The van der Waals surface area contributed by atoms with Gasteiger partial charge < -0.3 is 20.1 Å². The van der Waals surface area contributed by atoms with Gasteiger partial charge in [-0.2, -0.15) is 0 Å². The molecule has 2 rings (SSSR count). The van der Waals surface area contributed by atoms with Crippen LogP contribution in [-0.4, -0.2) is 51.1 Å². The lowest BCUT2D eigenvalue weighted by molar-refractivity contribution is -0.0648. The summed E-state index contributed by atoms with van der Waals surface area (Å²) in [6.45, 7) is 7.90. The first kappa shape index (κ1) is 12.3. The number of ether oxygens (including phenoxy) is 2. The van der Waals surface area contributed by atoms with Gasteiger partial charge >= 0.3 is 0 Å². The number of hydrogen-bond donors (Lipinski definition) is 2. The molecule has 2 fully saturated rings. The largest absolute Gasteiger partial charge is 0.378 e. The van der Waals surface area contributed by atoms with Gasteiger partial charge in [0.25, 0.3) is 0 Å². The average Bonchev–Trinajstić information content (AvgIpc) is 2.73. The van der Waals surface area contributed by atoms with Crippen molar-refractivity contribution in [1.29, 1.82) is 0 Å². The predicted octanol–water partition coefficient (Wildman–Crippen LogP) is 0.524. The van der Waals surface area contributed by atoms with Crippen LogP contribution in [0.15, 0.2) is 0 Å². The molecule has 4 nitrogen and oxygen atoms in total. The van der Waals surface area contributed by atoms with Crippen LogP contribution < -0.4 is 10.6 Å². The molecule has 0 aromatic carbocycles. The summed E-state index contributed by atoms with van der Waals surface area (Å²) in [7, 11) is 0. The van der Waals surface area contributed by atoms with Gasteiger partial charge in [0, 0.05) is 26.2 Å². The van der Waals surface area contributed by atoms with E-state index in [9.17, 15) is 0 Å². The topological polar surface area (TPSA) is 42.5 Å². The Bertz CT molecular complexity index is 201. The second-order valence-electron chi connectivity index (χ2n) is 5.08. The number of hydrogen-bond acceptors (Lipinski definition) is 4. The second kappa shape index (κ2) is 5.96. The maximum atomic E-state index is 5.78. The molecule has 2 aliphatic rings. The van der Waals surface area contributed by atoms with E-state index in [1.165, 1.54) is 12.8 Å². The molecule has 2 saturated heterocycles. The molecule has 0 aromatic rings. The fourth-order valence-electron chi connectivity index (χ4n) is 2.21. The van der Waals surface area contributed by atoms with Crippen LogP contribution in [0.2, 0.25) is 0 Å². The Balaban J connectivity index is 1.40. The summed E-state index contributed by atoms with van der Waals surface area (Å²) in [5.41, 5.74) is 0.0935. The third-order valence-corrected chi connectivity index (χ3v) is 3.39. The van der Waals surface area contributed by atoms with Crippen molar-refractivity contribution in [2.24, 2.45) is 0 Å². The summed E-state index contributed by atoms with van der Waals surface area (Å²) in [4.78, 5) is 0. The first-order chi connectivity index (χ1) is 7.79. The summed E-state index contributed by atoms with van der Waals surface area (Å²) in [6, 6.07) is 0. The van der Waals surface area contributed by atoms with Crippen LogP contribution in [0.1, 0.15) is 26.2 Å². The van der Waals surface area contributed by atoms with Crippen LogP contribution in [0, 0.1) is 0 Å². The number of rotatable bonds is 7. The van der Waals surface area contributed by atoms with Crippen LogP contribution >= 0.6 is 0 Å². The fraction of sp³-hybridized carbons (Fsp3) is 1.00. The highest BCUT2D eigenvalue weighted by atomic mass is 16.5. The van der Waals surface area contributed by atoms with Crippen LogP contribution in [-0.2, 0) is 9.47 Å². The van der Waals surface area contributed by atoms with E-state index in [1.807, 2.05) is 0 Å². The maximum Gasteiger partial charge on any atom is 0.0902 e. The molecule has 0 aliphatic carbocycles. The first-order valence-corrected chi connectivity index (χ1v) is 6.45. The third kappa shape index (κ3) is 3.70. The van der Waals surface area contributed by atoms with Crippen molar-refractivity contribution < 1.29 is 9.47 Å². The fourth-order valence-corrected chi connectivity index (χ4v) is 2.21. The summed E-state index contributed by atoms with van der Waals surface area (Å²) in [5, 5.41) is 6.64. The minimum absolute atomic E-state index is 0.0935. The lowest BCUT2D eigenvalue weighted by Crippen LogP contribution is -2.59. The van der Waals surface area contributed by atoms with E-state index in [1.54, 1.807) is 0 Å². The second-order valence-corrected chi connectivity index (χ2v) is 5.08. The molecule has 0 radical (unpaired) electrons. The van der Waals surface area contributed by atoms with Crippen molar-refractivity contribution in [3.63, 3.8) is 0 Å². The van der Waals surface area contributed by atoms with E-state index < -0.39 is 0 Å². The minimum atomic E-state index is 0.0935. The number of nitrogens with one attached hydrogen (secondary N) is 2. The predicted molar refractivity (Wildman–Crippen MR) is 63.7 cm³/mol. The quantitative estimate of drug-likeness (QED) is 0.624. The van der Waals surface area contributed by atoms with Crippen molar-refractivity contribution in [3.8, 4) is 0 Å². The van der Waals surface area contributed by atoms with Crippen LogP contribution in [0.4, 0.5) is 0 Å². The highest BCUT2D eigenvalue weighted by molar-refractivity contribution is 4.90. The molecule has 16 heavy (non-hydrogen) atoms. The molecular weight excluding hydrogens is 204 g/mol. The molecule has 2 heterocycles. The van der Waals surface area contributed by atoms with Gasteiger partial charge in [0.15, 0.2) is 0 Å². The van der Waals surface area contributed by atoms with Gasteiger partial charge in [-0.25, -0.2) is 0 Å². The molecule has 0 bridgehead atoms. The molecule has 0 spiro atoms. The molecular formula is C12H24N2O2. The lowest BCUT2D eigenvalue weighted by Gasteiger charge is -2.39. The van der Waals surface area contributed by atoms with Crippen LogP contribution in [0.5, 0.6) is 0 Å². The Labute approximate surface area is 98.1 Å². The summed E-state index contributed by atoms with van der Waals surface area (Å²) >= 11 is 0. The van der Waals surface area contributed by atoms with Gasteiger partial charge in [-0.05, 0) is 32.7 Å². The van der Waals surface area contributed by atoms with Crippen molar-refractivity contribution >= 4 is 0 Å². The standard InChI is InChI=1S/C12H24N2O2/c1-12(9-14-10-12)16-8-6-13-5-4-11-3-2-7-15-11/h11,13-14H,2-10H2,1H3. The highest BCUT2D eigenvalue weighted by Crippen LogP contribution is 2.15. The van der Waals surface area contributed by atoms with E-state index >= 15 is 0 Å². The molecule has 94 valence electrons. The highest BCUT2D eigenvalue weighted by Gasteiger charge is 2.31. The Hall–Kier alpha value is -0.160. The minimum Gasteiger partial charge on any atom is -0.378 e. The summed E-state index contributed by atoms with van der Waals surface area (Å²) < 4.78 is 11.3. The van der Waals surface area contributed by atoms with Crippen molar-refractivity contribution in [1.82, 2.24) is 10.6 Å². The Morgan fingerprint density at radius 2 is 2.31 bits per heavy atom. The molecule has 1 atom stereocenters. The van der Waals surface area contributed by atoms with E-state index in [-0.39, 0.29) is 5.60 Å². The van der Waals surface area contributed by atoms with Crippen molar-refractivity contribution in [2.45, 2.75) is 37.9 Å². The zero-order valence-electron chi connectivity index (χ0n) is 10.3. The average molecular weight is 228 g/mol. The van der Waals surface area contributed by atoms with Gasteiger partial charge in [-0.1, -0.05) is 0 Å². The zero-order chi connectivity index (χ0) is 11.3. The van der Waals surface area contributed by atoms with Gasteiger partial charge in [0.05, 0.1) is 18.3 Å². The van der Waals surface area contributed by atoms with Gasteiger partial charge in [-0.15, -0.1) is 0 Å². The van der Waals surface area contributed by atoms with Crippen molar-refractivity contribution in [2.75, 3.05) is 39.4 Å². The van der Waals surface area contributed by atoms with Crippen LogP contribution in [0.3, 0.4) is 0 Å². The third-order valence-electron chi connectivity index (χ3n) is 3.39. The maximum absolute atomic E-state index is 5.78. The van der Waals surface area contributed by atoms with Crippen molar-refractivity contribution in [3.05, 3.63) is 0 Å². The Morgan fingerprint density at radius 3 is 2.94 bits per heavy atom. The molecule has 4 heteroatoms. The van der Waals surface area contributed by atoms with Gasteiger partial charge in [0.2, 0.25) is 0 Å². The van der Waals surface area contributed by atoms with Crippen LogP contribution in [0.25, 0.3) is 0 Å². The molecule has 1 unspecified atom stereocenters. The molecule has 2 aliphatic heterocycles. The summed E-state index contributed by atoms with van der Waals surface area (Å²) in [5.74, 6) is 0. The van der Waals surface area contributed by atoms with Gasteiger partial charge in [0.1, 0.15) is 0 Å². The Kier molecular flexibility index (Phi) is 4.58. The van der Waals surface area contributed by atoms with E-state index in [2.05, 4.69) is 17.6 Å². The lowest BCUT2D eigenvalue weighted by atomic mass is 10.0. The summed E-state index contributed by atoms with van der Waals surface area (Å²) in [6.07, 6.45) is 4.11. The molecule has 2 N–H and O–H groups in total. The smallest absolute Gasteiger partial charge is 0.0902 e. The van der Waals surface area contributed by atoms with Gasteiger partial charge in [-0.3, -0.25) is 0 Å². The van der Waals surface area contributed by atoms with E-state index in [0.29, 0.717) is 6.10 Å². The zero-order valence-corrected chi connectivity index (χ0v) is 10.3. The van der Waals surface area contributed by atoms with E-state index in [4.69, 9.17) is 9.47 Å². The SMILES string of the molecule is CC1(OCCNCCC2CCCO2)CNC1. The Morgan fingerprint density at radius 1 is 1.44 bits per heavy atom. The van der Waals surface area contributed by atoms with E-state index in [0.717, 1.165) is 45.8 Å².